The fraction of sp³-hybridized carbons (Fsp3) is 0.261. The topological polar surface area (TPSA) is 80.3 Å². The molecule has 1 aromatic heterocycles. The Bertz CT molecular complexity index is 1040. The van der Waals surface area contributed by atoms with Gasteiger partial charge in [0.2, 0.25) is 5.91 Å². The molecule has 162 valence electrons. The molecule has 0 saturated carbocycles. The van der Waals surface area contributed by atoms with Crippen LogP contribution in [0.4, 0.5) is 20.6 Å². The van der Waals surface area contributed by atoms with Crippen LogP contribution in [0.1, 0.15) is 37.0 Å². The normalized spacial score (nSPS) is 11.1. The average Bonchev–Trinajstić information content (AvgIpc) is 3.10. The van der Waals surface area contributed by atoms with E-state index in [1.807, 2.05) is 5.38 Å². The highest BCUT2D eigenvalue weighted by molar-refractivity contribution is 7.09. The summed E-state index contributed by atoms with van der Waals surface area (Å²) in [4.78, 5) is 28.6. The van der Waals surface area contributed by atoms with Crippen LogP contribution in [0, 0.1) is 5.82 Å². The van der Waals surface area contributed by atoms with E-state index in [2.05, 4.69) is 15.6 Å². The Kier molecular flexibility index (Phi) is 7.02. The molecule has 3 rings (SSSR count). The van der Waals surface area contributed by atoms with Crippen LogP contribution in [-0.2, 0) is 22.4 Å². The van der Waals surface area contributed by atoms with E-state index in [-0.39, 0.29) is 18.1 Å². The number of anilines is 2. The number of amides is 2. The van der Waals surface area contributed by atoms with Gasteiger partial charge in [-0.1, -0.05) is 12.1 Å². The lowest BCUT2D eigenvalue weighted by atomic mass is 10.1. The summed E-state index contributed by atoms with van der Waals surface area (Å²) in [6.45, 7) is 5.37. The highest BCUT2D eigenvalue weighted by Gasteiger charge is 2.16. The van der Waals surface area contributed by atoms with Crippen LogP contribution in [-0.4, -0.2) is 22.6 Å². The number of nitrogens with one attached hydrogen (secondary N) is 2. The number of hydrogen-bond donors (Lipinski definition) is 2. The molecule has 2 aromatic carbocycles. The quantitative estimate of drug-likeness (QED) is 0.537. The van der Waals surface area contributed by atoms with E-state index >= 15 is 0 Å². The van der Waals surface area contributed by atoms with Crippen LogP contribution in [0.15, 0.2) is 53.9 Å². The molecule has 2 N–H and O–H groups in total. The van der Waals surface area contributed by atoms with E-state index in [9.17, 15) is 14.0 Å². The first-order valence-corrected chi connectivity index (χ1v) is 10.6. The SMILES string of the molecule is CC(C)(C)OC(=O)Nc1ccc(NC(=O)Cc2csc(Cc3ccc(F)cc3)n2)cc1. The molecule has 0 unspecified atom stereocenters. The minimum atomic E-state index is -0.577. The van der Waals surface area contributed by atoms with Crippen molar-refractivity contribution in [2.75, 3.05) is 10.6 Å². The van der Waals surface area contributed by atoms with Gasteiger partial charge >= 0.3 is 6.09 Å². The second kappa shape index (κ2) is 9.70. The van der Waals surface area contributed by atoms with Gasteiger partial charge < -0.3 is 10.1 Å². The number of carbonyl (C=O) groups excluding carboxylic acids is 2. The van der Waals surface area contributed by atoms with Crippen molar-refractivity contribution in [1.29, 1.82) is 0 Å². The Labute approximate surface area is 184 Å². The molecule has 0 saturated heterocycles. The number of rotatable bonds is 6. The zero-order chi connectivity index (χ0) is 22.4. The summed E-state index contributed by atoms with van der Waals surface area (Å²) in [5.41, 5.74) is 2.25. The van der Waals surface area contributed by atoms with E-state index in [0.29, 0.717) is 23.5 Å². The van der Waals surface area contributed by atoms with Gasteiger partial charge in [-0.2, -0.15) is 0 Å². The highest BCUT2D eigenvalue weighted by atomic mass is 32.1. The second-order valence-corrected chi connectivity index (χ2v) is 8.91. The number of nitrogens with zero attached hydrogens (tertiary/aromatic N) is 1. The number of halogens is 1. The molecule has 3 aromatic rings. The maximum absolute atomic E-state index is 13.0. The molecule has 0 aliphatic carbocycles. The predicted octanol–water partition coefficient (Wildman–Crippen LogP) is 5.40. The summed E-state index contributed by atoms with van der Waals surface area (Å²) in [6.07, 6.45) is 0.209. The Morgan fingerprint density at radius 3 is 2.23 bits per heavy atom. The van der Waals surface area contributed by atoms with Gasteiger partial charge in [0, 0.05) is 23.2 Å². The van der Waals surface area contributed by atoms with Crippen LogP contribution in [0.2, 0.25) is 0 Å². The van der Waals surface area contributed by atoms with E-state index in [4.69, 9.17) is 4.74 Å². The zero-order valence-electron chi connectivity index (χ0n) is 17.6. The van der Waals surface area contributed by atoms with Gasteiger partial charge in [0.1, 0.15) is 11.4 Å². The first-order chi connectivity index (χ1) is 14.7. The number of thiazole rings is 1. The fourth-order valence-corrected chi connectivity index (χ4v) is 3.54. The molecule has 8 heteroatoms. The van der Waals surface area contributed by atoms with Crippen LogP contribution < -0.4 is 10.6 Å². The van der Waals surface area contributed by atoms with Crippen LogP contribution in [0.25, 0.3) is 0 Å². The van der Waals surface area contributed by atoms with Crippen molar-refractivity contribution in [1.82, 2.24) is 4.98 Å². The van der Waals surface area contributed by atoms with E-state index in [0.717, 1.165) is 10.6 Å². The smallest absolute Gasteiger partial charge is 0.412 e. The molecule has 0 aliphatic rings. The Morgan fingerprint density at radius 2 is 1.61 bits per heavy atom. The summed E-state index contributed by atoms with van der Waals surface area (Å²) < 4.78 is 18.2. The van der Waals surface area contributed by atoms with Crippen LogP contribution in [0.5, 0.6) is 0 Å². The summed E-state index contributed by atoms with van der Waals surface area (Å²) >= 11 is 1.47. The summed E-state index contributed by atoms with van der Waals surface area (Å²) in [7, 11) is 0. The van der Waals surface area contributed by atoms with Gasteiger partial charge in [0.15, 0.2) is 0 Å². The van der Waals surface area contributed by atoms with Crippen molar-refractivity contribution in [3.05, 3.63) is 76.0 Å². The largest absolute Gasteiger partial charge is 0.444 e. The van der Waals surface area contributed by atoms with Crippen molar-refractivity contribution in [3.8, 4) is 0 Å². The van der Waals surface area contributed by atoms with Gasteiger partial charge in [-0.25, -0.2) is 14.2 Å². The van der Waals surface area contributed by atoms with E-state index < -0.39 is 11.7 Å². The maximum Gasteiger partial charge on any atom is 0.412 e. The Hall–Kier alpha value is -3.26. The van der Waals surface area contributed by atoms with E-state index in [1.54, 1.807) is 57.2 Å². The minimum Gasteiger partial charge on any atom is -0.444 e. The van der Waals surface area contributed by atoms with Gasteiger partial charge in [-0.3, -0.25) is 10.1 Å². The molecule has 0 atom stereocenters. The first kappa shape index (κ1) is 22.4. The molecule has 0 bridgehead atoms. The average molecular weight is 442 g/mol. The molecule has 0 radical (unpaired) electrons. The molecular weight excluding hydrogens is 417 g/mol. The molecule has 0 aliphatic heterocycles. The number of ether oxygens (including phenoxy) is 1. The van der Waals surface area contributed by atoms with Gasteiger partial charge in [0.25, 0.3) is 0 Å². The standard InChI is InChI=1S/C23H24FN3O3S/c1-23(2,3)30-22(29)27-18-10-8-17(9-11-18)25-20(28)13-19-14-31-21(26-19)12-15-4-6-16(24)7-5-15/h4-11,14H,12-13H2,1-3H3,(H,25,28)(H,27,29). The van der Waals surface area contributed by atoms with Gasteiger partial charge in [0.05, 0.1) is 17.1 Å². The maximum atomic E-state index is 13.0. The third-order valence-electron chi connectivity index (χ3n) is 4.02. The lowest BCUT2D eigenvalue weighted by Crippen LogP contribution is -2.27. The number of benzene rings is 2. The molecule has 2 amide bonds. The van der Waals surface area contributed by atoms with Crippen molar-refractivity contribution in [3.63, 3.8) is 0 Å². The monoisotopic (exact) mass is 441 g/mol. The van der Waals surface area contributed by atoms with Gasteiger partial charge in [-0.05, 0) is 62.7 Å². The Morgan fingerprint density at radius 1 is 1.00 bits per heavy atom. The van der Waals surface area contributed by atoms with Crippen LogP contribution in [0.3, 0.4) is 0 Å². The number of carbonyl (C=O) groups is 2. The van der Waals surface area contributed by atoms with Crippen LogP contribution >= 0.6 is 11.3 Å². The summed E-state index contributed by atoms with van der Waals surface area (Å²) in [6, 6.07) is 13.1. The molecule has 0 fully saturated rings. The molecule has 6 nitrogen and oxygen atoms in total. The highest BCUT2D eigenvalue weighted by Crippen LogP contribution is 2.18. The van der Waals surface area contributed by atoms with Crippen molar-refractivity contribution in [2.24, 2.45) is 0 Å². The lowest BCUT2D eigenvalue weighted by molar-refractivity contribution is -0.115. The second-order valence-electron chi connectivity index (χ2n) is 7.97. The predicted molar refractivity (Wildman–Crippen MR) is 120 cm³/mol. The van der Waals surface area contributed by atoms with Crippen molar-refractivity contribution >= 4 is 34.7 Å². The van der Waals surface area contributed by atoms with Gasteiger partial charge in [-0.15, -0.1) is 11.3 Å². The van der Waals surface area contributed by atoms with Crippen molar-refractivity contribution < 1.29 is 18.7 Å². The minimum absolute atomic E-state index is 0.151. The fourth-order valence-electron chi connectivity index (χ4n) is 2.72. The zero-order valence-corrected chi connectivity index (χ0v) is 18.4. The van der Waals surface area contributed by atoms with E-state index in [1.165, 1.54) is 23.5 Å². The molecule has 0 spiro atoms. The third-order valence-corrected chi connectivity index (χ3v) is 4.92. The third kappa shape index (κ3) is 7.49. The molecule has 1 heterocycles. The molecule has 31 heavy (non-hydrogen) atoms. The number of hydrogen-bond acceptors (Lipinski definition) is 5. The number of aromatic nitrogens is 1. The van der Waals surface area contributed by atoms with Crippen molar-refractivity contribution in [2.45, 2.75) is 39.2 Å². The lowest BCUT2D eigenvalue weighted by Gasteiger charge is -2.19. The Balaban J connectivity index is 1.50. The first-order valence-electron chi connectivity index (χ1n) is 9.74. The summed E-state index contributed by atoms with van der Waals surface area (Å²) in [5, 5.41) is 8.18. The molecular formula is C23H24FN3O3S. The summed E-state index contributed by atoms with van der Waals surface area (Å²) in [5.74, 6) is -0.458.